The molecule has 0 aliphatic rings. The van der Waals surface area contributed by atoms with Gasteiger partial charge in [0.1, 0.15) is 17.3 Å². The van der Waals surface area contributed by atoms with Crippen LogP contribution in [0, 0.1) is 12.8 Å². The van der Waals surface area contributed by atoms with Crippen LogP contribution in [0.25, 0.3) is 0 Å². The van der Waals surface area contributed by atoms with Gasteiger partial charge in [-0.1, -0.05) is 19.9 Å². The van der Waals surface area contributed by atoms with Gasteiger partial charge in [-0.15, -0.1) is 13.2 Å². The second-order valence-corrected chi connectivity index (χ2v) is 7.39. The summed E-state index contributed by atoms with van der Waals surface area (Å²) in [5, 5.41) is 9.06. The van der Waals surface area contributed by atoms with E-state index in [4.69, 9.17) is 9.84 Å². The summed E-state index contributed by atoms with van der Waals surface area (Å²) < 4.78 is 49.8. The average molecular weight is 471 g/mol. The molecule has 1 heterocycles. The minimum Gasteiger partial charge on any atom is -0.442 e. The van der Waals surface area contributed by atoms with E-state index in [0.717, 1.165) is 16.7 Å². The molecule has 0 spiro atoms. The van der Waals surface area contributed by atoms with E-state index in [2.05, 4.69) is 9.73 Å². The van der Waals surface area contributed by atoms with Gasteiger partial charge in [-0.2, -0.15) is 4.99 Å². The first-order valence-corrected chi connectivity index (χ1v) is 10.6. The number of alkyl halides is 3. The quantitative estimate of drug-likeness (QED) is 0.444. The van der Waals surface area contributed by atoms with Crippen LogP contribution < -0.4 is 20.7 Å². The fraction of sp³-hybridized carbons (Fsp3) is 0.500. The number of aliphatic hydroxyl groups excluding tert-OH is 1. The highest BCUT2D eigenvalue weighted by molar-refractivity contribution is 5.83. The van der Waals surface area contributed by atoms with Crippen molar-refractivity contribution in [3.8, 4) is 11.5 Å². The summed E-state index contributed by atoms with van der Waals surface area (Å²) in [6.07, 6.45) is -4.01. The Balaban J connectivity index is 2.57. The van der Waals surface area contributed by atoms with Crippen LogP contribution in [0.3, 0.4) is 0 Å². The SMILES string of the molecule is CCC(C)/C(=N\c1c(C)c(=O)n(CCCO)c(=O)n1CC)Oc1cccc(OC(F)(F)F)c1. The van der Waals surface area contributed by atoms with Gasteiger partial charge >= 0.3 is 12.1 Å². The third-order valence-corrected chi connectivity index (χ3v) is 4.99. The van der Waals surface area contributed by atoms with Gasteiger partial charge < -0.3 is 14.6 Å². The number of hydrogen-bond acceptors (Lipinski definition) is 6. The van der Waals surface area contributed by atoms with E-state index in [0.29, 0.717) is 6.42 Å². The molecule has 11 heteroatoms. The van der Waals surface area contributed by atoms with E-state index in [9.17, 15) is 22.8 Å². The lowest BCUT2D eigenvalue weighted by molar-refractivity contribution is -0.274. The number of hydrogen-bond donors (Lipinski definition) is 1. The fourth-order valence-corrected chi connectivity index (χ4v) is 3.05. The molecule has 0 radical (unpaired) electrons. The summed E-state index contributed by atoms with van der Waals surface area (Å²) in [7, 11) is 0. The maximum absolute atomic E-state index is 12.9. The van der Waals surface area contributed by atoms with Crippen molar-refractivity contribution in [3.05, 3.63) is 50.7 Å². The van der Waals surface area contributed by atoms with Gasteiger partial charge in [0.05, 0.1) is 5.56 Å². The molecule has 2 aromatic rings. The molecular weight excluding hydrogens is 443 g/mol. The van der Waals surface area contributed by atoms with E-state index in [-0.39, 0.29) is 55.1 Å². The smallest absolute Gasteiger partial charge is 0.442 e. The Morgan fingerprint density at radius 3 is 2.42 bits per heavy atom. The Bertz CT molecular complexity index is 1110. The lowest BCUT2D eigenvalue weighted by Gasteiger charge is -2.18. The first-order chi connectivity index (χ1) is 15.5. The second kappa shape index (κ2) is 11.2. The zero-order valence-corrected chi connectivity index (χ0v) is 19.0. The summed E-state index contributed by atoms with van der Waals surface area (Å²) >= 11 is 0. The van der Waals surface area contributed by atoms with Crippen LogP contribution in [-0.2, 0) is 13.1 Å². The predicted octanol–water partition coefficient (Wildman–Crippen LogP) is 3.77. The number of benzene rings is 1. The summed E-state index contributed by atoms with van der Waals surface area (Å²) in [6.45, 7) is 7.07. The van der Waals surface area contributed by atoms with Crippen molar-refractivity contribution in [3.63, 3.8) is 0 Å². The Labute approximate surface area is 188 Å². The molecule has 0 fully saturated rings. The molecule has 1 N–H and O–H groups in total. The monoisotopic (exact) mass is 471 g/mol. The molecule has 0 saturated carbocycles. The van der Waals surface area contributed by atoms with Crippen LogP contribution in [0.1, 0.15) is 39.2 Å². The van der Waals surface area contributed by atoms with E-state index >= 15 is 0 Å². The van der Waals surface area contributed by atoms with Gasteiger partial charge in [-0.3, -0.25) is 13.9 Å². The van der Waals surface area contributed by atoms with Crippen molar-refractivity contribution in [2.24, 2.45) is 10.9 Å². The molecule has 0 bridgehead atoms. The summed E-state index contributed by atoms with van der Waals surface area (Å²) in [4.78, 5) is 30.1. The minimum absolute atomic E-state index is 0.0649. The van der Waals surface area contributed by atoms with Crippen LogP contribution in [0.2, 0.25) is 0 Å². The van der Waals surface area contributed by atoms with Gasteiger partial charge in [0.15, 0.2) is 5.90 Å². The maximum Gasteiger partial charge on any atom is 0.573 e. The van der Waals surface area contributed by atoms with Crippen molar-refractivity contribution >= 4 is 11.7 Å². The predicted molar refractivity (Wildman–Crippen MR) is 117 cm³/mol. The van der Waals surface area contributed by atoms with Crippen molar-refractivity contribution in [1.82, 2.24) is 9.13 Å². The number of ether oxygens (including phenoxy) is 2. The van der Waals surface area contributed by atoms with Crippen molar-refractivity contribution in [2.75, 3.05) is 6.61 Å². The highest BCUT2D eigenvalue weighted by atomic mass is 19.4. The van der Waals surface area contributed by atoms with Gasteiger partial charge in [0.2, 0.25) is 0 Å². The molecule has 0 saturated heterocycles. The minimum atomic E-state index is -4.85. The van der Waals surface area contributed by atoms with Crippen LogP contribution in [0.5, 0.6) is 11.5 Å². The summed E-state index contributed by atoms with van der Waals surface area (Å²) in [6, 6.07) is 5.03. The fourth-order valence-electron chi connectivity index (χ4n) is 3.05. The van der Waals surface area contributed by atoms with E-state index in [1.165, 1.54) is 23.6 Å². The lowest BCUT2D eigenvalue weighted by atomic mass is 10.1. The van der Waals surface area contributed by atoms with Crippen molar-refractivity contribution < 1.29 is 27.8 Å². The molecule has 33 heavy (non-hydrogen) atoms. The molecule has 1 aromatic heterocycles. The van der Waals surface area contributed by atoms with Gasteiger partial charge in [0, 0.05) is 31.7 Å². The zero-order valence-electron chi connectivity index (χ0n) is 19.0. The molecule has 8 nitrogen and oxygen atoms in total. The average Bonchev–Trinajstić information content (AvgIpc) is 2.75. The van der Waals surface area contributed by atoms with Gasteiger partial charge in [-0.05, 0) is 38.8 Å². The first-order valence-electron chi connectivity index (χ1n) is 10.6. The lowest BCUT2D eigenvalue weighted by Crippen LogP contribution is -2.41. The van der Waals surface area contributed by atoms with E-state index in [1.54, 1.807) is 13.8 Å². The van der Waals surface area contributed by atoms with Gasteiger partial charge in [0.25, 0.3) is 5.56 Å². The number of aliphatic imine (C=N–C) groups is 1. The molecule has 1 unspecified atom stereocenters. The molecule has 0 aliphatic carbocycles. The molecule has 2 rings (SSSR count). The van der Waals surface area contributed by atoms with Crippen molar-refractivity contribution in [1.29, 1.82) is 0 Å². The van der Waals surface area contributed by atoms with E-state index in [1.807, 2.05) is 6.92 Å². The standard InChI is InChI=1S/C22H28F3N3O5/c1-5-14(3)19(32-16-9-7-10-17(13-16)33-22(23,24)25)26-18-15(4)20(30)28(11-8-12-29)21(31)27(18)6-2/h7,9-10,13-14,29H,5-6,8,11-12H2,1-4H3/b26-19+. The molecule has 182 valence electrons. The third kappa shape index (κ3) is 6.70. The Morgan fingerprint density at radius 2 is 1.85 bits per heavy atom. The van der Waals surface area contributed by atoms with Crippen LogP contribution in [0.4, 0.5) is 19.0 Å². The maximum atomic E-state index is 12.9. The number of aromatic nitrogens is 2. The third-order valence-electron chi connectivity index (χ3n) is 4.99. The first kappa shape index (κ1) is 26.2. The summed E-state index contributed by atoms with van der Waals surface area (Å²) in [5.74, 6) is -0.398. The van der Waals surface area contributed by atoms with Crippen LogP contribution in [-0.4, -0.2) is 33.1 Å². The number of aliphatic hydroxyl groups is 1. The Kier molecular flexibility index (Phi) is 8.86. The topological polar surface area (TPSA) is 95.1 Å². The number of halogens is 3. The number of nitrogens with zero attached hydrogens (tertiary/aromatic N) is 3. The molecule has 0 amide bonds. The highest BCUT2D eigenvalue weighted by Crippen LogP contribution is 2.27. The molecule has 1 aromatic carbocycles. The summed E-state index contributed by atoms with van der Waals surface area (Å²) in [5.41, 5.74) is -0.877. The second-order valence-electron chi connectivity index (χ2n) is 7.39. The van der Waals surface area contributed by atoms with Crippen molar-refractivity contribution in [2.45, 2.75) is 60.0 Å². The van der Waals surface area contributed by atoms with Crippen LogP contribution >= 0.6 is 0 Å². The normalized spacial score (nSPS) is 13.2. The highest BCUT2D eigenvalue weighted by Gasteiger charge is 2.31. The Hall–Kier alpha value is -3.08. The molecular formula is C22H28F3N3O5. The largest absolute Gasteiger partial charge is 0.573 e. The van der Waals surface area contributed by atoms with Crippen LogP contribution in [0.15, 0.2) is 38.8 Å². The number of rotatable bonds is 9. The zero-order chi connectivity index (χ0) is 24.8. The van der Waals surface area contributed by atoms with E-state index < -0.39 is 23.4 Å². The van der Waals surface area contributed by atoms with Gasteiger partial charge in [-0.25, -0.2) is 4.79 Å². The molecule has 0 aliphatic heterocycles. The Morgan fingerprint density at radius 1 is 1.18 bits per heavy atom. The molecule has 1 atom stereocenters.